The van der Waals surface area contributed by atoms with Gasteiger partial charge in [-0.15, -0.1) is 0 Å². The third-order valence-corrected chi connectivity index (χ3v) is 2.72. The predicted octanol–water partition coefficient (Wildman–Crippen LogP) is 0.769. The first-order valence-electron chi connectivity index (χ1n) is 5.63. The van der Waals surface area contributed by atoms with Gasteiger partial charge in [-0.25, -0.2) is 0 Å². The third kappa shape index (κ3) is 3.02. The van der Waals surface area contributed by atoms with Crippen LogP contribution in [0.2, 0.25) is 0 Å². The van der Waals surface area contributed by atoms with Crippen LogP contribution in [-0.4, -0.2) is 35.8 Å². The molecule has 0 bridgehead atoms. The van der Waals surface area contributed by atoms with Crippen molar-refractivity contribution >= 4 is 11.8 Å². The van der Waals surface area contributed by atoms with Gasteiger partial charge in [-0.1, -0.05) is 20.8 Å². The fourth-order valence-electron chi connectivity index (χ4n) is 1.77. The molecule has 0 radical (unpaired) electrons. The number of rotatable bonds is 5. The average Bonchev–Trinajstić information content (AvgIpc) is 2.44. The first-order valence-corrected chi connectivity index (χ1v) is 5.63. The highest BCUT2D eigenvalue weighted by Crippen LogP contribution is 2.21. The summed E-state index contributed by atoms with van der Waals surface area (Å²) in [5.74, 6) is -0.0815. The van der Waals surface area contributed by atoms with Crippen molar-refractivity contribution in [1.29, 1.82) is 0 Å². The third-order valence-electron chi connectivity index (χ3n) is 2.72. The molecule has 2 amide bonds. The smallest absolute Gasteiger partial charge is 0.232 e. The van der Waals surface area contributed by atoms with Crippen molar-refractivity contribution in [2.24, 2.45) is 5.92 Å². The van der Waals surface area contributed by atoms with Crippen LogP contribution < -0.4 is 5.32 Å². The molecule has 0 aromatic carbocycles. The molecule has 0 saturated carbocycles. The van der Waals surface area contributed by atoms with Gasteiger partial charge >= 0.3 is 0 Å². The molecule has 0 aromatic heterocycles. The maximum absolute atomic E-state index is 11.7. The van der Waals surface area contributed by atoms with E-state index in [4.69, 9.17) is 0 Å². The molecule has 1 rings (SSSR count). The van der Waals surface area contributed by atoms with E-state index in [-0.39, 0.29) is 17.7 Å². The Morgan fingerprint density at radius 3 is 2.60 bits per heavy atom. The van der Waals surface area contributed by atoms with Gasteiger partial charge in [-0.05, 0) is 6.42 Å². The number of hydrogen-bond acceptors (Lipinski definition) is 3. The van der Waals surface area contributed by atoms with Crippen LogP contribution in [0.4, 0.5) is 0 Å². The van der Waals surface area contributed by atoms with Crippen LogP contribution in [0.25, 0.3) is 0 Å². The summed E-state index contributed by atoms with van der Waals surface area (Å²) in [5, 5.41) is 3.20. The standard InChI is InChI=1S/C11H20N2O2/c1-4-9-7-10(14)13(11(9)15)6-5-12-8(2)3/h8-9,12H,4-7H2,1-3H3. The predicted molar refractivity (Wildman–Crippen MR) is 58.3 cm³/mol. The summed E-state index contributed by atoms with van der Waals surface area (Å²) in [4.78, 5) is 24.6. The lowest BCUT2D eigenvalue weighted by Gasteiger charge is -2.16. The topological polar surface area (TPSA) is 49.4 Å². The van der Waals surface area contributed by atoms with Crippen LogP contribution >= 0.6 is 0 Å². The molecule has 1 atom stereocenters. The van der Waals surface area contributed by atoms with Crippen molar-refractivity contribution in [3.05, 3.63) is 0 Å². The highest BCUT2D eigenvalue weighted by Gasteiger charge is 2.36. The zero-order chi connectivity index (χ0) is 11.4. The fraction of sp³-hybridized carbons (Fsp3) is 0.818. The Morgan fingerprint density at radius 1 is 1.47 bits per heavy atom. The van der Waals surface area contributed by atoms with Gasteiger partial charge in [0, 0.05) is 31.5 Å². The van der Waals surface area contributed by atoms with Crippen LogP contribution in [0.1, 0.15) is 33.6 Å². The minimum absolute atomic E-state index is 0.00746. The van der Waals surface area contributed by atoms with Gasteiger partial charge in [0.2, 0.25) is 11.8 Å². The van der Waals surface area contributed by atoms with Crippen molar-refractivity contribution < 1.29 is 9.59 Å². The Morgan fingerprint density at radius 2 is 2.13 bits per heavy atom. The molecular formula is C11H20N2O2. The van der Waals surface area contributed by atoms with Crippen molar-refractivity contribution in [3.63, 3.8) is 0 Å². The van der Waals surface area contributed by atoms with Crippen molar-refractivity contribution in [1.82, 2.24) is 10.2 Å². The molecule has 1 fully saturated rings. The molecule has 1 saturated heterocycles. The number of likely N-dealkylation sites (tertiary alicyclic amines) is 1. The lowest BCUT2D eigenvalue weighted by atomic mass is 10.1. The summed E-state index contributed by atoms with van der Waals surface area (Å²) in [7, 11) is 0. The number of amides is 2. The Hall–Kier alpha value is -0.900. The monoisotopic (exact) mass is 212 g/mol. The van der Waals surface area contributed by atoms with Gasteiger partial charge in [0.1, 0.15) is 0 Å². The molecule has 0 spiro atoms. The number of hydrogen-bond donors (Lipinski definition) is 1. The fourth-order valence-corrected chi connectivity index (χ4v) is 1.77. The number of carbonyl (C=O) groups excluding carboxylic acids is 2. The maximum atomic E-state index is 11.7. The summed E-state index contributed by atoms with van der Waals surface area (Å²) in [6.07, 6.45) is 1.16. The van der Waals surface area contributed by atoms with Crippen LogP contribution in [-0.2, 0) is 9.59 Å². The second-order valence-corrected chi connectivity index (χ2v) is 4.30. The van der Waals surface area contributed by atoms with Crippen molar-refractivity contribution in [3.8, 4) is 0 Å². The molecule has 1 aliphatic rings. The van der Waals surface area contributed by atoms with E-state index in [0.29, 0.717) is 25.6 Å². The van der Waals surface area contributed by atoms with Crippen LogP contribution in [0.5, 0.6) is 0 Å². The van der Waals surface area contributed by atoms with E-state index in [1.54, 1.807) is 0 Å². The van der Waals surface area contributed by atoms with Crippen molar-refractivity contribution in [2.45, 2.75) is 39.7 Å². The molecule has 4 heteroatoms. The zero-order valence-electron chi connectivity index (χ0n) is 9.75. The second kappa shape index (κ2) is 5.26. The molecule has 1 aliphatic heterocycles. The zero-order valence-corrected chi connectivity index (χ0v) is 9.75. The Balaban J connectivity index is 2.41. The minimum atomic E-state index is -0.0726. The number of imide groups is 1. The molecule has 0 aromatic rings. The van der Waals surface area contributed by atoms with Gasteiger partial charge in [0.25, 0.3) is 0 Å². The maximum Gasteiger partial charge on any atom is 0.232 e. The summed E-state index contributed by atoms with van der Waals surface area (Å²) < 4.78 is 0. The van der Waals surface area contributed by atoms with Gasteiger partial charge < -0.3 is 5.32 Å². The van der Waals surface area contributed by atoms with E-state index in [0.717, 1.165) is 6.42 Å². The van der Waals surface area contributed by atoms with Gasteiger partial charge in [-0.3, -0.25) is 14.5 Å². The number of carbonyl (C=O) groups is 2. The Bertz CT molecular complexity index is 251. The second-order valence-electron chi connectivity index (χ2n) is 4.30. The molecule has 1 unspecified atom stereocenters. The molecule has 1 N–H and O–H groups in total. The lowest BCUT2D eigenvalue weighted by molar-refractivity contribution is -0.139. The number of nitrogens with one attached hydrogen (secondary N) is 1. The molecule has 4 nitrogen and oxygen atoms in total. The van der Waals surface area contributed by atoms with Gasteiger partial charge in [0.05, 0.1) is 0 Å². The normalized spacial score (nSPS) is 21.9. The molecular weight excluding hydrogens is 192 g/mol. The van der Waals surface area contributed by atoms with Crippen molar-refractivity contribution in [2.75, 3.05) is 13.1 Å². The minimum Gasteiger partial charge on any atom is -0.313 e. The molecule has 86 valence electrons. The highest BCUT2D eigenvalue weighted by atomic mass is 16.2. The van der Waals surface area contributed by atoms with Gasteiger partial charge in [0.15, 0.2) is 0 Å². The quantitative estimate of drug-likeness (QED) is 0.685. The molecule has 15 heavy (non-hydrogen) atoms. The lowest BCUT2D eigenvalue weighted by Crippen LogP contribution is -2.38. The summed E-state index contributed by atoms with van der Waals surface area (Å²) in [6.45, 7) is 7.23. The van der Waals surface area contributed by atoms with E-state index in [1.165, 1.54) is 4.90 Å². The first kappa shape index (κ1) is 12.2. The summed E-state index contributed by atoms with van der Waals surface area (Å²) in [5.41, 5.74) is 0. The SMILES string of the molecule is CCC1CC(=O)N(CCNC(C)C)C1=O. The Kier molecular flexibility index (Phi) is 4.27. The summed E-state index contributed by atoms with van der Waals surface area (Å²) in [6, 6.07) is 0.389. The molecule has 1 heterocycles. The highest BCUT2D eigenvalue weighted by molar-refractivity contribution is 6.03. The van der Waals surface area contributed by atoms with E-state index >= 15 is 0 Å². The first-order chi connectivity index (χ1) is 7.06. The molecule has 0 aliphatic carbocycles. The van der Waals surface area contributed by atoms with Crippen LogP contribution in [0, 0.1) is 5.92 Å². The summed E-state index contributed by atoms with van der Waals surface area (Å²) >= 11 is 0. The van der Waals surface area contributed by atoms with E-state index < -0.39 is 0 Å². The van der Waals surface area contributed by atoms with E-state index in [1.807, 2.05) is 20.8 Å². The van der Waals surface area contributed by atoms with Gasteiger partial charge in [-0.2, -0.15) is 0 Å². The van der Waals surface area contributed by atoms with Crippen LogP contribution in [0.3, 0.4) is 0 Å². The number of nitrogens with zero attached hydrogens (tertiary/aromatic N) is 1. The average molecular weight is 212 g/mol. The Labute approximate surface area is 91.0 Å². The largest absolute Gasteiger partial charge is 0.313 e. The van der Waals surface area contributed by atoms with Crippen LogP contribution in [0.15, 0.2) is 0 Å². The van der Waals surface area contributed by atoms with E-state index in [9.17, 15) is 9.59 Å². The van der Waals surface area contributed by atoms with E-state index in [2.05, 4.69) is 5.32 Å².